The van der Waals surface area contributed by atoms with Gasteiger partial charge >= 0.3 is 5.97 Å². The van der Waals surface area contributed by atoms with Crippen molar-refractivity contribution in [3.8, 4) is 0 Å². The smallest absolute Gasteiger partial charge is 0.302 e. The number of allylic oxidation sites excluding steroid dienone is 4. The van der Waals surface area contributed by atoms with E-state index < -0.39 is 0 Å². The SMILES string of the molecule is CC(=O)OCC(C)[C@@H](C)CC[C@@H](C)[C@H]1CC[C@H]2C3=CC=C4CCCC[C@]4(C)[C@H]3CC[C@]12C. The molecule has 0 aliphatic heterocycles. The van der Waals surface area contributed by atoms with E-state index in [1.807, 2.05) is 5.57 Å². The molecular formula is C30H48O2. The quantitative estimate of drug-likeness (QED) is 0.373. The number of carbonyl (C=O) groups excluding carboxylic acids is 1. The molecule has 4 aliphatic rings. The van der Waals surface area contributed by atoms with Crippen LogP contribution in [0.3, 0.4) is 0 Å². The lowest BCUT2D eigenvalue weighted by Gasteiger charge is -2.54. The first-order valence-corrected chi connectivity index (χ1v) is 13.7. The normalized spacial score (nSPS) is 39.0. The molecule has 0 radical (unpaired) electrons. The van der Waals surface area contributed by atoms with Gasteiger partial charge in [-0.3, -0.25) is 4.79 Å². The summed E-state index contributed by atoms with van der Waals surface area (Å²) in [5.74, 6) is 4.16. The summed E-state index contributed by atoms with van der Waals surface area (Å²) in [5.41, 5.74) is 4.55. The summed E-state index contributed by atoms with van der Waals surface area (Å²) in [6, 6.07) is 0. The summed E-state index contributed by atoms with van der Waals surface area (Å²) in [4.78, 5) is 11.1. The van der Waals surface area contributed by atoms with Gasteiger partial charge in [-0.15, -0.1) is 0 Å². The standard InChI is InChI=1S/C30H48O2/c1-20(22(3)19-32-23(4)31)10-11-21(2)26-14-15-27-25-13-12-24-9-7-8-17-29(24,5)28(25)16-18-30(26,27)6/h12-13,20-22,26-28H,7-11,14-19H2,1-6H3/t20-,21+,22?,26+,27-,28-,29-,30+/m0/s1. The number of hydrogen-bond donors (Lipinski definition) is 0. The van der Waals surface area contributed by atoms with Crippen LogP contribution in [0.15, 0.2) is 23.3 Å². The highest BCUT2D eigenvalue weighted by Gasteiger charge is 2.56. The predicted octanol–water partition coefficient (Wildman–Crippen LogP) is 8.13. The van der Waals surface area contributed by atoms with Crippen molar-refractivity contribution in [3.63, 3.8) is 0 Å². The van der Waals surface area contributed by atoms with E-state index in [1.165, 1.54) is 71.1 Å². The zero-order valence-corrected chi connectivity index (χ0v) is 21.7. The lowest BCUT2D eigenvalue weighted by atomic mass is 9.50. The predicted molar refractivity (Wildman–Crippen MR) is 133 cm³/mol. The number of fused-ring (bicyclic) bond motifs is 5. The Kier molecular flexibility index (Phi) is 7.00. The zero-order chi connectivity index (χ0) is 23.1. The Morgan fingerprint density at radius 2 is 1.78 bits per heavy atom. The maximum atomic E-state index is 11.1. The average Bonchev–Trinajstić information content (AvgIpc) is 3.12. The maximum Gasteiger partial charge on any atom is 0.302 e. The lowest BCUT2D eigenvalue weighted by molar-refractivity contribution is -0.142. The highest BCUT2D eigenvalue weighted by Crippen LogP contribution is 2.66. The number of hydrogen-bond acceptors (Lipinski definition) is 2. The Hall–Kier alpha value is -1.05. The van der Waals surface area contributed by atoms with Gasteiger partial charge in [0.25, 0.3) is 0 Å². The van der Waals surface area contributed by atoms with Crippen LogP contribution in [0.2, 0.25) is 0 Å². The average molecular weight is 441 g/mol. The minimum atomic E-state index is -0.154. The van der Waals surface area contributed by atoms with Crippen molar-refractivity contribution in [2.24, 2.45) is 46.3 Å². The van der Waals surface area contributed by atoms with Crippen molar-refractivity contribution in [1.82, 2.24) is 0 Å². The molecule has 32 heavy (non-hydrogen) atoms. The summed E-state index contributed by atoms with van der Waals surface area (Å²) in [5, 5.41) is 0. The van der Waals surface area contributed by atoms with Crippen molar-refractivity contribution in [2.75, 3.05) is 6.61 Å². The van der Waals surface area contributed by atoms with Crippen LogP contribution in [0.5, 0.6) is 0 Å². The topological polar surface area (TPSA) is 26.3 Å². The molecule has 3 saturated carbocycles. The molecule has 3 fully saturated rings. The van der Waals surface area contributed by atoms with E-state index in [9.17, 15) is 4.79 Å². The number of esters is 1. The lowest BCUT2D eigenvalue weighted by Crippen LogP contribution is -2.45. The van der Waals surface area contributed by atoms with Crippen LogP contribution in [0.25, 0.3) is 0 Å². The second-order valence-electron chi connectivity index (χ2n) is 12.6. The minimum absolute atomic E-state index is 0.154. The molecule has 0 bridgehead atoms. The molecule has 0 aromatic rings. The van der Waals surface area contributed by atoms with Crippen molar-refractivity contribution >= 4 is 5.97 Å². The van der Waals surface area contributed by atoms with Crippen LogP contribution in [0.4, 0.5) is 0 Å². The minimum Gasteiger partial charge on any atom is -0.466 e. The van der Waals surface area contributed by atoms with Gasteiger partial charge in [-0.25, -0.2) is 0 Å². The fourth-order valence-corrected chi connectivity index (χ4v) is 8.44. The third-order valence-corrected chi connectivity index (χ3v) is 10.8. The molecular weight excluding hydrogens is 392 g/mol. The van der Waals surface area contributed by atoms with Crippen LogP contribution in [0.1, 0.15) is 106 Å². The molecule has 0 N–H and O–H groups in total. The molecule has 4 aliphatic carbocycles. The van der Waals surface area contributed by atoms with E-state index in [0.717, 1.165) is 23.7 Å². The monoisotopic (exact) mass is 440 g/mol. The Labute approximate surface area is 197 Å². The molecule has 0 spiro atoms. The van der Waals surface area contributed by atoms with Gasteiger partial charge in [0.05, 0.1) is 6.61 Å². The Bertz CT molecular complexity index is 763. The Morgan fingerprint density at radius 1 is 1.00 bits per heavy atom. The van der Waals surface area contributed by atoms with Crippen molar-refractivity contribution in [3.05, 3.63) is 23.3 Å². The van der Waals surface area contributed by atoms with E-state index >= 15 is 0 Å². The van der Waals surface area contributed by atoms with Gasteiger partial charge in [0.2, 0.25) is 0 Å². The molecule has 8 atom stereocenters. The largest absolute Gasteiger partial charge is 0.466 e. The van der Waals surface area contributed by atoms with E-state index in [4.69, 9.17) is 4.74 Å². The summed E-state index contributed by atoms with van der Waals surface area (Å²) >= 11 is 0. The number of rotatable bonds is 7. The van der Waals surface area contributed by atoms with E-state index in [1.54, 1.807) is 5.57 Å². The van der Waals surface area contributed by atoms with Gasteiger partial charge in [-0.05, 0) is 91.3 Å². The second kappa shape index (κ2) is 9.30. The molecule has 2 heteroatoms. The fourth-order valence-electron chi connectivity index (χ4n) is 8.44. The molecule has 0 aromatic carbocycles. The third-order valence-electron chi connectivity index (χ3n) is 10.8. The van der Waals surface area contributed by atoms with Crippen molar-refractivity contribution in [2.45, 2.75) is 106 Å². The van der Waals surface area contributed by atoms with Gasteiger partial charge in [0, 0.05) is 6.92 Å². The van der Waals surface area contributed by atoms with Crippen molar-refractivity contribution < 1.29 is 9.53 Å². The molecule has 4 rings (SSSR count). The highest BCUT2D eigenvalue weighted by molar-refractivity contribution is 5.65. The maximum absolute atomic E-state index is 11.1. The van der Waals surface area contributed by atoms with Crippen LogP contribution in [-0.4, -0.2) is 12.6 Å². The first kappa shape index (κ1) is 24.1. The van der Waals surface area contributed by atoms with Crippen molar-refractivity contribution in [1.29, 1.82) is 0 Å². The van der Waals surface area contributed by atoms with Gasteiger partial charge in [-0.1, -0.05) is 77.2 Å². The van der Waals surface area contributed by atoms with Crippen LogP contribution < -0.4 is 0 Å². The molecule has 0 saturated heterocycles. The third kappa shape index (κ3) is 4.25. The van der Waals surface area contributed by atoms with E-state index in [2.05, 4.69) is 46.8 Å². The van der Waals surface area contributed by atoms with Gasteiger partial charge in [0.1, 0.15) is 0 Å². The molecule has 2 nitrogen and oxygen atoms in total. The fraction of sp³-hybridized carbons (Fsp3) is 0.833. The molecule has 0 heterocycles. The summed E-state index contributed by atoms with van der Waals surface area (Å²) in [6.07, 6.45) is 18.9. The van der Waals surface area contributed by atoms with E-state index in [0.29, 0.717) is 29.3 Å². The van der Waals surface area contributed by atoms with Crippen LogP contribution >= 0.6 is 0 Å². The Balaban J connectivity index is 1.41. The van der Waals surface area contributed by atoms with Gasteiger partial charge in [-0.2, -0.15) is 0 Å². The molecule has 0 aromatic heterocycles. The summed E-state index contributed by atoms with van der Waals surface area (Å²) in [7, 11) is 0. The zero-order valence-electron chi connectivity index (χ0n) is 21.7. The number of carbonyl (C=O) groups is 1. The van der Waals surface area contributed by atoms with Gasteiger partial charge in [0.15, 0.2) is 0 Å². The molecule has 180 valence electrons. The second-order valence-corrected chi connectivity index (χ2v) is 12.6. The summed E-state index contributed by atoms with van der Waals surface area (Å²) in [6.45, 7) is 14.4. The van der Waals surface area contributed by atoms with E-state index in [-0.39, 0.29) is 5.97 Å². The number of ether oxygens (including phenoxy) is 1. The summed E-state index contributed by atoms with van der Waals surface area (Å²) < 4.78 is 5.26. The molecule has 1 unspecified atom stereocenters. The first-order valence-electron chi connectivity index (χ1n) is 13.7. The highest BCUT2D eigenvalue weighted by atomic mass is 16.5. The van der Waals surface area contributed by atoms with Crippen LogP contribution in [0, 0.1) is 46.3 Å². The first-order chi connectivity index (χ1) is 15.2. The molecule has 0 amide bonds. The van der Waals surface area contributed by atoms with Gasteiger partial charge < -0.3 is 4.74 Å². The Morgan fingerprint density at radius 3 is 2.53 bits per heavy atom. The van der Waals surface area contributed by atoms with Crippen LogP contribution in [-0.2, 0) is 9.53 Å².